The molecule has 72 heavy (non-hydrogen) atoms. The van der Waals surface area contributed by atoms with Gasteiger partial charge in [0.2, 0.25) is 5.88 Å². The van der Waals surface area contributed by atoms with Crippen molar-refractivity contribution in [3.8, 4) is 61.8 Å². The number of nitrogens with zero attached hydrogens (tertiary/aromatic N) is 6. The van der Waals surface area contributed by atoms with Gasteiger partial charge in [-0.1, -0.05) is 35.3 Å². The minimum absolute atomic E-state index is 0.0515. The lowest BCUT2D eigenvalue weighted by Gasteiger charge is -2.35. The number of aliphatic hydroxyl groups is 2. The van der Waals surface area contributed by atoms with Gasteiger partial charge >= 0.3 is 0 Å². The SMILES string of the molecule is Cc1c(Cl)c2c(Cl)c(C)c1-c1c(-c3ccc(F)cc3)sc3ncnc(c13)O[C@@H](C(O)O)Cc1cc(ccc1OCc1ccnc(-c3ccc(OC[C@@H]4COCCO4)cc3)n1)OC[C@@H](CN1CCN(C)CC1)O2. The fraction of sp³-hybridized carbons (Fsp3) is 0.358. The van der Waals surface area contributed by atoms with E-state index in [-0.39, 0.29) is 31.6 Å². The zero-order chi connectivity index (χ0) is 49.9. The Kier molecular flexibility index (Phi) is 15.3. The van der Waals surface area contributed by atoms with Crippen LogP contribution >= 0.6 is 34.5 Å². The van der Waals surface area contributed by atoms with E-state index in [1.165, 1.54) is 29.8 Å². The van der Waals surface area contributed by atoms with Gasteiger partial charge in [0.05, 0.1) is 40.9 Å². The molecule has 0 spiro atoms. The topological polar surface area (TPSA) is 163 Å². The summed E-state index contributed by atoms with van der Waals surface area (Å²) in [7, 11) is 2.11. The van der Waals surface area contributed by atoms with Crippen molar-refractivity contribution in [2.24, 2.45) is 0 Å². The summed E-state index contributed by atoms with van der Waals surface area (Å²) in [5.74, 6) is 2.10. The van der Waals surface area contributed by atoms with Gasteiger partial charge in [-0.2, -0.15) is 0 Å². The molecule has 11 rings (SSSR count). The maximum absolute atomic E-state index is 14.4. The summed E-state index contributed by atoms with van der Waals surface area (Å²) >= 11 is 16.1. The van der Waals surface area contributed by atoms with Gasteiger partial charge in [-0.25, -0.2) is 24.3 Å². The number of aromatic nitrogens is 4. The molecule has 3 aromatic heterocycles. The van der Waals surface area contributed by atoms with Crippen LogP contribution in [0.25, 0.3) is 43.2 Å². The van der Waals surface area contributed by atoms with Crippen LogP contribution in [0.1, 0.15) is 22.4 Å². The van der Waals surface area contributed by atoms with Crippen molar-refractivity contribution >= 4 is 44.8 Å². The average molecular weight is 1040 g/mol. The van der Waals surface area contributed by atoms with Crippen LogP contribution in [0.2, 0.25) is 10.0 Å². The van der Waals surface area contributed by atoms with Crippen LogP contribution < -0.4 is 23.7 Å². The lowest BCUT2D eigenvalue weighted by molar-refractivity contribution is -0.112. The number of halogens is 3. The lowest BCUT2D eigenvalue weighted by Crippen LogP contribution is -2.49. The van der Waals surface area contributed by atoms with Crippen molar-refractivity contribution in [1.29, 1.82) is 0 Å². The molecule has 4 aliphatic heterocycles. The smallest absolute Gasteiger partial charge is 0.226 e. The molecular formula is C53H53Cl2FN6O9S. The molecule has 15 nitrogen and oxygen atoms in total. The monoisotopic (exact) mass is 1040 g/mol. The van der Waals surface area contributed by atoms with Gasteiger partial charge in [-0.05, 0) is 104 Å². The van der Waals surface area contributed by atoms with Gasteiger partial charge in [-0.3, -0.25) is 4.90 Å². The molecule has 4 aromatic carbocycles. The summed E-state index contributed by atoms with van der Waals surface area (Å²) in [6.07, 6.45) is -0.953. The first-order chi connectivity index (χ1) is 34.9. The fourth-order valence-corrected chi connectivity index (χ4v) is 10.7. The summed E-state index contributed by atoms with van der Waals surface area (Å²) in [6.45, 7) is 9.96. The zero-order valence-electron chi connectivity index (χ0n) is 39.9. The molecule has 7 heterocycles. The number of rotatable bonds is 11. The third kappa shape index (κ3) is 11.1. The molecule has 3 atom stereocenters. The van der Waals surface area contributed by atoms with E-state index >= 15 is 0 Å². The predicted octanol–water partition coefficient (Wildman–Crippen LogP) is 8.61. The van der Waals surface area contributed by atoms with Crippen LogP contribution in [-0.2, 0) is 22.5 Å². The summed E-state index contributed by atoms with van der Waals surface area (Å²) in [5.41, 5.74) is 5.28. The predicted molar refractivity (Wildman–Crippen MR) is 272 cm³/mol. The molecule has 0 unspecified atom stereocenters. The Hall–Kier alpha value is -5.73. The number of fused-ring (bicyclic) bond motifs is 7. The number of piperazine rings is 1. The molecular weight excluding hydrogens is 987 g/mol. The Bertz CT molecular complexity index is 3000. The molecule has 2 fully saturated rings. The number of ether oxygens (including phenoxy) is 7. The molecule has 0 radical (unpaired) electrons. The maximum Gasteiger partial charge on any atom is 0.226 e. The minimum Gasteiger partial charge on any atom is -0.491 e. The van der Waals surface area contributed by atoms with Crippen LogP contribution in [0.3, 0.4) is 0 Å². The highest BCUT2D eigenvalue weighted by molar-refractivity contribution is 7.22. The van der Waals surface area contributed by atoms with Crippen LogP contribution in [0.5, 0.6) is 28.9 Å². The highest BCUT2D eigenvalue weighted by Gasteiger charge is 2.32. The van der Waals surface area contributed by atoms with Crippen molar-refractivity contribution in [3.05, 3.63) is 124 Å². The second-order valence-corrected chi connectivity index (χ2v) is 19.8. The Labute approximate surface area is 430 Å². The van der Waals surface area contributed by atoms with Crippen molar-refractivity contribution < 1.29 is 47.8 Å². The van der Waals surface area contributed by atoms with Crippen molar-refractivity contribution in [2.75, 3.05) is 72.8 Å². The molecule has 4 bridgehead atoms. The van der Waals surface area contributed by atoms with E-state index < -0.39 is 24.3 Å². The van der Waals surface area contributed by atoms with Gasteiger partial charge in [0.15, 0.2) is 24.0 Å². The third-order valence-electron chi connectivity index (χ3n) is 13.0. The number of thiophene rings is 1. The first-order valence-corrected chi connectivity index (χ1v) is 25.3. The van der Waals surface area contributed by atoms with Crippen LogP contribution in [-0.4, -0.2) is 137 Å². The quantitative estimate of drug-likeness (QED) is 0.118. The molecule has 0 amide bonds. The zero-order valence-corrected chi connectivity index (χ0v) is 42.2. The third-order valence-corrected chi connectivity index (χ3v) is 15.0. The summed E-state index contributed by atoms with van der Waals surface area (Å²) in [4.78, 5) is 24.5. The van der Waals surface area contributed by atoms with E-state index in [4.69, 9.17) is 61.3 Å². The highest BCUT2D eigenvalue weighted by atomic mass is 35.5. The van der Waals surface area contributed by atoms with Crippen LogP contribution in [0, 0.1) is 19.7 Å². The van der Waals surface area contributed by atoms with E-state index in [2.05, 4.69) is 31.8 Å². The molecule has 2 N–H and O–H groups in total. The highest BCUT2D eigenvalue weighted by Crippen LogP contribution is 2.53. The van der Waals surface area contributed by atoms with Gasteiger partial charge < -0.3 is 48.3 Å². The van der Waals surface area contributed by atoms with Crippen molar-refractivity contribution in [2.45, 2.75) is 51.5 Å². The minimum atomic E-state index is -1.99. The molecule has 19 heteroatoms. The van der Waals surface area contributed by atoms with Gasteiger partial charge in [0.1, 0.15) is 66.3 Å². The van der Waals surface area contributed by atoms with Crippen molar-refractivity contribution in [1.82, 2.24) is 29.7 Å². The Morgan fingerprint density at radius 2 is 1.60 bits per heavy atom. The largest absolute Gasteiger partial charge is 0.491 e. The van der Waals surface area contributed by atoms with Crippen LogP contribution in [0.15, 0.2) is 85.3 Å². The Morgan fingerprint density at radius 3 is 2.33 bits per heavy atom. The first-order valence-electron chi connectivity index (χ1n) is 23.7. The van der Waals surface area contributed by atoms with Crippen LogP contribution in [0.4, 0.5) is 4.39 Å². The molecule has 0 saturated carbocycles. The Balaban J connectivity index is 1.01. The van der Waals surface area contributed by atoms with E-state index in [1.807, 2.05) is 38.1 Å². The van der Waals surface area contributed by atoms with Crippen molar-refractivity contribution in [3.63, 3.8) is 0 Å². The standard InChI is InChI=1S/C53H53Cl2FN6O9S/c1-30-43-31(2)47(55)48(46(30)54)70-39(24-62-18-16-61(3)17-19-62)27-68-38-12-13-41(69-25-36-14-15-57-50(60-36)33-6-10-37(11-7-33)67-28-40-26-65-20-21-66-40)34(22-38)23-42(53(63)64)71-51-45-44(43)49(72-52(45)59-29-58-51)32-4-8-35(56)9-5-32/h4-15,22,29,39-40,42,53,63-64H,16-21,23-28H2,1-3H3/t39-,40+,42-/m1/s1. The number of hydrogen-bond donors (Lipinski definition) is 2. The van der Waals surface area contributed by atoms with E-state index in [1.54, 1.807) is 42.6 Å². The summed E-state index contributed by atoms with van der Waals surface area (Å²) in [6, 6.07) is 20.8. The van der Waals surface area contributed by atoms with Gasteiger partial charge in [0.25, 0.3) is 0 Å². The molecule has 4 aliphatic rings. The Morgan fingerprint density at radius 1 is 0.833 bits per heavy atom. The van der Waals surface area contributed by atoms with E-state index in [9.17, 15) is 14.6 Å². The molecule has 7 aromatic rings. The molecule has 0 aliphatic carbocycles. The number of benzene rings is 4. The van der Waals surface area contributed by atoms with E-state index in [0.29, 0.717) is 121 Å². The fourth-order valence-electron chi connectivity index (χ4n) is 9.06. The number of hydrogen-bond acceptors (Lipinski definition) is 16. The second-order valence-electron chi connectivity index (χ2n) is 18.0. The number of likely N-dealkylation sites (N-methyl/N-ethyl adjacent to an activating group) is 1. The van der Waals surface area contributed by atoms with Gasteiger partial charge in [0, 0.05) is 66.9 Å². The van der Waals surface area contributed by atoms with Gasteiger partial charge in [-0.15, -0.1) is 11.3 Å². The first kappa shape index (κ1) is 49.8. The lowest BCUT2D eigenvalue weighted by atomic mass is 9.92. The normalized spacial score (nSPS) is 18.9. The van der Waals surface area contributed by atoms with E-state index in [0.717, 1.165) is 36.6 Å². The molecule has 2 saturated heterocycles. The summed E-state index contributed by atoms with van der Waals surface area (Å²) < 4.78 is 58.1. The molecule has 376 valence electrons. The number of aliphatic hydroxyl groups excluding tert-OH is 1. The second kappa shape index (κ2) is 22.2. The summed E-state index contributed by atoms with van der Waals surface area (Å²) in [5, 5.41) is 23.3. The average Bonchev–Trinajstić information content (AvgIpc) is 3.78. The maximum atomic E-state index is 14.4.